The van der Waals surface area contributed by atoms with Gasteiger partial charge < -0.3 is 27.5 Å². The van der Waals surface area contributed by atoms with Crippen molar-refractivity contribution < 1.29 is 32.3 Å². The molecule has 0 saturated carbocycles. The molecule has 1 heterocycles. The van der Waals surface area contributed by atoms with E-state index in [0.29, 0.717) is 19.4 Å². The number of ketones is 1. The van der Waals surface area contributed by atoms with Crippen LogP contribution in [-0.4, -0.2) is 73.8 Å². The number of benzene rings is 2. The van der Waals surface area contributed by atoms with Crippen molar-refractivity contribution in [1.82, 2.24) is 0 Å². The molecule has 0 radical (unpaired) electrons. The number of rotatable bonds is 27. The quantitative estimate of drug-likeness (QED) is 0.0498. The summed E-state index contributed by atoms with van der Waals surface area (Å²) in [4.78, 5) is 15.3. The third-order valence-corrected chi connectivity index (χ3v) is 32.0. The Morgan fingerprint density at radius 1 is 0.716 bits per heavy atom. The molecular weight excluding hydrogens is 985 g/mol. The third kappa shape index (κ3) is 19.2. The molecule has 3 rings (SSSR count). The molecule has 11 heteroatoms. The molecule has 1 fully saturated rings. The lowest BCUT2D eigenvalue weighted by molar-refractivity contribution is -0.134. The number of ether oxygens (including phenoxy) is 3. The zero-order valence-corrected chi connectivity index (χ0v) is 54.7. The fourth-order valence-electron chi connectivity index (χ4n) is 8.99. The minimum atomic E-state index is -2.24. The van der Waals surface area contributed by atoms with E-state index in [9.17, 15) is 4.79 Å². The summed E-state index contributed by atoms with van der Waals surface area (Å²) in [5, 5.41) is 0.129. The molecular formula is C63H106O7SSi3. The van der Waals surface area contributed by atoms with Crippen LogP contribution in [0.5, 0.6) is 5.75 Å². The first-order valence-corrected chi connectivity index (χ1v) is 37.5. The highest BCUT2D eigenvalue weighted by atomic mass is 32.2. The van der Waals surface area contributed by atoms with Gasteiger partial charge >= 0.3 is 0 Å². The Morgan fingerprint density at radius 2 is 1.27 bits per heavy atom. The summed E-state index contributed by atoms with van der Waals surface area (Å²) in [6.07, 6.45) is 14.2. The molecule has 1 saturated heterocycles. The molecule has 0 unspecified atom stereocenters. The Bertz CT molecular complexity index is 2110. The smallest absolute Gasteiger partial charge is 0.192 e. The number of hydrogen-bond donors (Lipinski definition) is 0. The average molecular weight is 1090 g/mol. The number of hydrogen-bond acceptors (Lipinski definition) is 8. The Morgan fingerprint density at radius 3 is 1.81 bits per heavy atom. The molecule has 7 nitrogen and oxygen atoms in total. The first-order valence-electron chi connectivity index (χ1n) is 27.9. The van der Waals surface area contributed by atoms with E-state index in [1.807, 2.05) is 49.0 Å². The van der Waals surface area contributed by atoms with Crippen molar-refractivity contribution in [2.24, 2.45) is 35.5 Å². The van der Waals surface area contributed by atoms with E-state index in [4.69, 9.17) is 27.5 Å². The third-order valence-electron chi connectivity index (χ3n) is 17.2. The number of Topliss-reactive ketones (excluding diaryl/α,β-unsaturated/α-hetero) is 1. The molecule has 0 bridgehead atoms. The number of methoxy groups -OCH3 is 1. The minimum absolute atomic E-state index is 0.0210. The summed E-state index contributed by atoms with van der Waals surface area (Å²) in [5.41, 5.74) is 2.17. The summed E-state index contributed by atoms with van der Waals surface area (Å²) in [6, 6.07) is 18.6. The standard InChI is InChI=1S/C63H106O7SSi3/c1-25-26-30-45(3)58(66-43-51-35-38-52(65-18)39-36-51)48(6)55(64)40-33-44(2)41-47(5)57(69-73(21,22)62(12,13)14)46(4)34-37-53(68-72(19,20)61(9,10)11)42-56-49(7)59(70-74(23,24)63(15,16)17)50(8)60(67-56)71-54-31-28-27-29-32-54/h25-32,34-39,41,45-50,53,56-60H,1,33,40,42-43H2,2-24H3/b30-26-,37-34-,44-41-/t45-,46-,47-,48-,49-,50+,53+,56-,57-,58-,59-,60-/m0/s1. The van der Waals surface area contributed by atoms with Gasteiger partial charge in [-0.2, -0.15) is 0 Å². The van der Waals surface area contributed by atoms with Crippen LogP contribution in [0.15, 0.2) is 108 Å². The van der Waals surface area contributed by atoms with Gasteiger partial charge in [0, 0.05) is 41.4 Å². The van der Waals surface area contributed by atoms with Crippen molar-refractivity contribution in [1.29, 1.82) is 0 Å². The predicted molar refractivity (Wildman–Crippen MR) is 325 cm³/mol. The second-order valence-electron chi connectivity index (χ2n) is 26.5. The Balaban J connectivity index is 1.98. The molecule has 2 aromatic carbocycles. The summed E-state index contributed by atoms with van der Waals surface area (Å²) in [6.45, 7) is 55.0. The van der Waals surface area contributed by atoms with E-state index in [1.165, 1.54) is 10.5 Å². The maximum atomic E-state index is 14.1. The van der Waals surface area contributed by atoms with Crippen LogP contribution in [0.4, 0.5) is 0 Å². The van der Waals surface area contributed by atoms with Crippen LogP contribution < -0.4 is 4.74 Å². The Labute approximate surface area is 461 Å². The molecule has 0 aliphatic carbocycles. The molecule has 2 aromatic rings. The highest BCUT2D eigenvalue weighted by molar-refractivity contribution is 7.99. The summed E-state index contributed by atoms with van der Waals surface area (Å²) in [7, 11) is -4.92. The normalized spacial score (nSPS) is 22.8. The first-order chi connectivity index (χ1) is 34.0. The molecule has 0 amide bonds. The van der Waals surface area contributed by atoms with Gasteiger partial charge in [0.1, 0.15) is 17.0 Å². The minimum Gasteiger partial charge on any atom is -0.497 e. The van der Waals surface area contributed by atoms with Gasteiger partial charge in [-0.1, -0.05) is 195 Å². The van der Waals surface area contributed by atoms with Gasteiger partial charge in [0.15, 0.2) is 25.0 Å². The first kappa shape index (κ1) is 66.0. The highest BCUT2D eigenvalue weighted by Crippen LogP contribution is 2.47. The Hall–Kier alpha value is -2.33. The monoisotopic (exact) mass is 1090 g/mol. The zero-order chi connectivity index (χ0) is 56.2. The number of carbonyl (C=O) groups excluding carboxylic acids is 1. The van der Waals surface area contributed by atoms with Gasteiger partial charge in [-0.25, -0.2) is 0 Å². The van der Waals surface area contributed by atoms with Gasteiger partial charge in [-0.3, -0.25) is 4.79 Å². The second kappa shape index (κ2) is 28.0. The van der Waals surface area contributed by atoms with E-state index in [2.05, 4.69) is 204 Å². The molecule has 0 spiro atoms. The van der Waals surface area contributed by atoms with Crippen LogP contribution in [0.2, 0.25) is 54.4 Å². The molecule has 1 aliphatic rings. The van der Waals surface area contributed by atoms with Crippen LogP contribution >= 0.6 is 11.8 Å². The molecule has 74 heavy (non-hydrogen) atoms. The lowest BCUT2D eigenvalue weighted by atomic mass is 9.84. The van der Waals surface area contributed by atoms with Gasteiger partial charge in [0.2, 0.25) is 0 Å². The number of allylic oxidation sites excluding steroid dienone is 3. The van der Waals surface area contributed by atoms with Crippen LogP contribution in [0.3, 0.4) is 0 Å². The molecule has 418 valence electrons. The van der Waals surface area contributed by atoms with E-state index in [0.717, 1.165) is 17.7 Å². The Kier molecular flexibility index (Phi) is 25.0. The van der Waals surface area contributed by atoms with Crippen molar-refractivity contribution >= 4 is 42.5 Å². The van der Waals surface area contributed by atoms with Gasteiger partial charge in [-0.15, -0.1) is 0 Å². The van der Waals surface area contributed by atoms with Crippen molar-refractivity contribution in [2.75, 3.05) is 7.11 Å². The average Bonchev–Trinajstić information content (AvgIpc) is 3.30. The fourth-order valence-corrected chi connectivity index (χ4v) is 14.4. The van der Waals surface area contributed by atoms with Crippen LogP contribution in [0.25, 0.3) is 0 Å². The lowest BCUT2D eigenvalue weighted by Crippen LogP contribution is -2.55. The van der Waals surface area contributed by atoms with E-state index < -0.39 is 25.0 Å². The molecule has 1 aliphatic heterocycles. The van der Waals surface area contributed by atoms with Crippen LogP contribution in [-0.2, 0) is 34.2 Å². The van der Waals surface area contributed by atoms with E-state index in [1.54, 1.807) is 13.2 Å². The number of thioether (sulfide) groups is 1. The lowest BCUT2D eigenvalue weighted by Gasteiger charge is -2.50. The summed E-state index contributed by atoms with van der Waals surface area (Å²) < 4.78 is 41.5. The SMILES string of the molecule is C=C/C=C\[C@H](C)[C@H](OCc1ccc(OC)cc1)[C@@H](C)C(=O)CC/C(C)=C\[C@H](C)[C@@H](O[Si](C)(C)C(C)(C)C)[C@@H](C)/C=C\[C@H](C[C@@H]1O[C@@H](Sc2ccccc2)[C@H](C)[C@@H](O[Si](C)(C)C(C)(C)C)[C@H]1C)O[Si](C)(C)C(C)(C)C. The second-order valence-corrected chi connectivity index (χ2v) is 41.9. The van der Waals surface area contributed by atoms with E-state index in [-0.39, 0.29) is 92.4 Å². The van der Waals surface area contributed by atoms with Crippen LogP contribution in [0, 0.1) is 35.5 Å². The van der Waals surface area contributed by atoms with Crippen molar-refractivity contribution in [3.05, 3.63) is 109 Å². The van der Waals surface area contributed by atoms with Crippen LogP contribution in [0.1, 0.15) is 136 Å². The van der Waals surface area contributed by atoms with Gasteiger partial charge in [-0.05, 0) is 109 Å². The number of carbonyl (C=O) groups is 1. The maximum Gasteiger partial charge on any atom is 0.192 e. The van der Waals surface area contributed by atoms with Crippen molar-refractivity contribution in [3.63, 3.8) is 0 Å². The summed E-state index contributed by atoms with van der Waals surface area (Å²) in [5.74, 6) is 1.26. The molecule has 0 aromatic heterocycles. The predicted octanol–water partition coefficient (Wildman–Crippen LogP) is 18.1. The van der Waals surface area contributed by atoms with Crippen molar-refractivity contribution in [3.8, 4) is 5.75 Å². The largest absolute Gasteiger partial charge is 0.497 e. The molecule has 0 N–H and O–H groups in total. The molecule has 12 atom stereocenters. The summed E-state index contributed by atoms with van der Waals surface area (Å²) >= 11 is 1.82. The van der Waals surface area contributed by atoms with Gasteiger partial charge in [0.05, 0.1) is 44.2 Å². The van der Waals surface area contributed by atoms with Gasteiger partial charge in [0.25, 0.3) is 0 Å². The zero-order valence-electron chi connectivity index (χ0n) is 50.9. The highest BCUT2D eigenvalue weighted by Gasteiger charge is 2.49. The maximum absolute atomic E-state index is 14.1. The van der Waals surface area contributed by atoms with Crippen molar-refractivity contribution in [2.45, 2.75) is 232 Å². The van der Waals surface area contributed by atoms with E-state index >= 15 is 0 Å². The fraction of sp³-hybridized carbons (Fsp3) is 0.667. The topological polar surface area (TPSA) is 72.5 Å².